The molecule has 1 heterocycles. The number of nitrogens with one attached hydrogen (secondary N) is 1. The highest BCUT2D eigenvalue weighted by molar-refractivity contribution is 6.31. The normalized spacial score (nSPS) is 11.9. The molecule has 0 aliphatic rings. The number of aromatic nitrogens is 1. The molecular weight excluding hydrogens is 210 g/mol. The number of halogens is 1. The van der Waals surface area contributed by atoms with Crippen molar-refractivity contribution in [3.05, 3.63) is 35.0 Å². The average Bonchev–Trinajstić information content (AvgIpc) is 2.61. The number of benzene rings is 1. The topological polar surface area (TPSA) is 32.9 Å². The van der Waals surface area contributed by atoms with Crippen LogP contribution >= 0.6 is 11.6 Å². The molecule has 0 amide bonds. The van der Waals surface area contributed by atoms with Gasteiger partial charge in [0.15, 0.2) is 0 Å². The fourth-order valence-electron chi connectivity index (χ4n) is 1.70. The van der Waals surface area contributed by atoms with Crippen molar-refractivity contribution in [3.8, 4) is 0 Å². The molecule has 1 aromatic carbocycles. The van der Waals surface area contributed by atoms with E-state index in [0.717, 1.165) is 22.8 Å². The zero-order valence-corrected chi connectivity index (χ0v) is 9.43. The highest BCUT2D eigenvalue weighted by Gasteiger charge is 2.22. The van der Waals surface area contributed by atoms with Crippen LogP contribution in [0, 0.1) is 0 Å². The minimum Gasteiger partial charge on any atom is -0.361 e. The van der Waals surface area contributed by atoms with Gasteiger partial charge in [0.05, 0.1) is 0 Å². The van der Waals surface area contributed by atoms with Gasteiger partial charge in [0.1, 0.15) is 6.29 Å². The van der Waals surface area contributed by atoms with Gasteiger partial charge in [-0.1, -0.05) is 17.7 Å². The van der Waals surface area contributed by atoms with Gasteiger partial charge in [-0.05, 0) is 31.5 Å². The Bertz CT molecular complexity index is 513. The van der Waals surface area contributed by atoms with Crippen molar-refractivity contribution in [2.75, 3.05) is 0 Å². The van der Waals surface area contributed by atoms with E-state index in [9.17, 15) is 4.79 Å². The first-order chi connectivity index (χ1) is 7.04. The lowest BCUT2D eigenvalue weighted by Gasteiger charge is -2.15. The van der Waals surface area contributed by atoms with Crippen LogP contribution in [-0.2, 0) is 10.2 Å². The highest BCUT2D eigenvalue weighted by atomic mass is 35.5. The van der Waals surface area contributed by atoms with Gasteiger partial charge < -0.3 is 9.78 Å². The van der Waals surface area contributed by atoms with Gasteiger partial charge in [-0.2, -0.15) is 0 Å². The summed E-state index contributed by atoms with van der Waals surface area (Å²) < 4.78 is 0. The molecule has 0 saturated carbocycles. The number of hydrogen-bond acceptors (Lipinski definition) is 1. The molecule has 0 spiro atoms. The highest BCUT2D eigenvalue weighted by Crippen LogP contribution is 2.30. The molecular formula is C12H12ClNO. The van der Waals surface area contributed by atoms with Crippen LogP contribution in [0.25, 0.3) is 10.9 Å². The second kappa shape index (κ2) is 3.38. The van der Waals surface area contributed by atoms with Gasteiger partial charge in [-0.25, -0.2) is 0 Å². The van der Waals surface area contributed by atoms with Gasteiger partial charge in [0.25, 0.3) is 0 Å². The summed E-state index contributed by atoms with van der Waals surface area (Å²) in [4.78, 5) is 14.1. The van der Waals surface area contributed by atoms with E-state index in [0.29, 0.717) is 5.02 Å². The maximum absolute atomic E-state index is 11.0. The Balaban J connectivity index is 2.69. The van der Waals surface area contributed by atoms with E-state index in [1.807, 2.05) is 38.2 Å². The molecule has 0 radical (unpaired) electrons. The predicted octanol–water partition coefficient (Wildman–Crippen LogP) is 3.30. The lowest BCUT2D eigenvalue weighted by atomic mass is 9.86. The largest absolute Gasteiger partial charge is 0.361 e. The fourth-order valence-corrected chi connectivity index (χ4v) is 1.87. The molecule has 1 aromatic heterocycles. The molecule has 1 N–H and O–H groups in total. The molecule has 2 rings (SSSR count). The van der Waals surface area contributed by atoms with Gasteiger partial charge in [0, 0.05) is 27.5 Å². The number of H-pyrrole nitrogens is 1. The van der Waals surface area contributed by atoms with E-state index < -0.39 is 5.41 Å². The molecule has 0 aliphatic heterocycles. The molecule has 78 valence electrons. The third-order valence-electron chi connectivity index (χ3n) is 2.63. The summed E-state index contributed by atoms with van der Waals surface area (Å²) in [5.74, 6) is 0. The summed E-state index contributed by atoms with van der Waals surface area (Å²) in [6, 6.07) is 5.64. The van der Waals surface area contributed by atoms with Crippen molar-refractivity contribution in [1.29, 1.82) is 0 Å². The number of carbonyl (C=O) groups excluding carboxylic acids is 1. The molecule has 0 atom stereocenters. The van der Waals surface area contributed by atoms with Crippen molar-refractivity contribution < 1.29 is 4.79 Å². The van der Waals surface area contributed by atoms with Gasteiger partial charge in [-0.3, -0.25) is 0 Å². The van der Waals surface area contributed by atoms with Crippen LogP contribution in [0.1, 0.15) is 19.4 Å². The van der Waals surface area contributed by atoms with E-state index in [-0.39, 0.29) is 0 Å². The standard InChI is InChI=1S/C12H12ClNO/c1-12(2,7-15)10-6-14-11-5-8(13)3-4-9(10)11/h3-7,14H,1-2H3. The quantitative estimate of drug-likeness (QED) is 0.776. The van der Waals surface area contributed by atoms with Crippen LogP contribution in [-0.4, -0.2) is 11.3 Å². The fraction of sp³-hybridized carbons (Fsp3) is 0.250. The minimum absolute atomic E-state index is 0.466. The van der Waals surface area contributed by atoms with Crippen LogP contribution in [0.3, 0.4) is 0 Å². The monoisotopic (exact) mass is 221 g/mol. The van der Waals surface area contributed by atoms with Crippen LogP contribution in [0.5, 0.6) is 0 Å². The molecule has 0 bridgehead atoms. The van der Waals surface area contributed by atoms with E-state index >= 15 is 0 Å². The minimum atomic E-state index is -0.466. The number of carbonyl (C=O) groups is 1. The Labute approximate surface area is 93.2 Å². The summed E-state index contributed by atoms with van der Waals surface area (Å²) in [6.45, 7) is 3.80. The number of aldehydes is 1. The zero-order valence-electron chi connectivity index (χ0n) is 8.67. The summed E-state index contributed by atoms with van der Waals surface area (Å²) in [7, 11) is 0. The molecule has 0 saturated heterocycles. The summed E-state index contributed by atoms with van der Waals surface area (Å²) in [5, 5.41) is 1.75. The first-order valence-electron chi connectivity index (χ1n) is 4.78. The number of rotatable bonds is 2. The van der Waals surface area contributed by atoms with Crippen molar-refractivity contribution in [3.63, 3.8) is 0 Å². The predicted molar refractivity (Wildman–Crippen MR) is 62.4 cm³/mol. The Morgan fingerprint density at radius 1 is 1.40 bits per heavy atom. The lowest BCUT2D eigenvalue weighted by molar-refractivity contribution is -0.111. The van der Waals surface area contributed by atoms with E-state index in [1.54, 1.807) is 0 Å². The van der Waals surface area contributed by atoms with E-state index in [4.69, 9.17) is 11.6 Å². The van der Waals surface area contributed by atoms with Crippen LogP contribution in [0.2, 0.25) is 5.02 Å². The lowest BCUT2D eigenvalue weighted by Crippen LogP contribution is -2.17. The smallest absolute Gasteiger partial charge is 0.130 e. The summed E-state index contributed by atoms with van der Waals surface area (Å²) in [6.07, 6.45) is 2.83. The Morgan fingerprint density at radius 3 is 2.80 bits per heavy atom. The van der Waals surface area contributed by atoms with Crippen molar-refractivity contribution in [1.82, 2.24) is 4.98 Å². The van der Waals surface area contributed by atoms with Crippen molar-refractivity contribution in [2.24, 2.45) is 0 Å². The van der Waals surface area contributed by atoms with Crippen LogP contribution in [0.15, 0.2) is 24.4 Å². The number of hydrogen-bond donors (Lipinski definition) is 1. The zero-order chi connectivity index (χ0) is 11.1. The van der Waals surface area contributed by atoms with Crippen molar-refractivity contribution in [2.45, 2.75) is 19.3 Å². The molecule has 2 aromatic rings. The second-order valence-electron chi connectivity index (χ2n) is 4.23. The van der Waals surface area contributed by atoms with Gasteiger partial charge in [-0.15, -0.1) is 0 Å². The van der Waals surface area contributed by atoms with E-state index in [1.165, 1.54) is 0 Å². The molecule has 0 unspecified atom stereocenters. The first-order valence-corrected chi connectivity index (χ1v) is 5.16. The Hall–Kier alpha value is -1.28. The summed E-state index contributed by atoms with van der Waals surface area (Å²) >= 11 is 5.89. The first kappa shape index (κ1) is 10.2. The third-order valence-corrected chi connectivity index (χ3v) is 2.87. The molecule has 0 fully saturated rings. The molecule has 2 nitrogen and oxygen atoms in total. The number of fused-ring (bicyclic) bond motifs is 1. The van der Waals surface area contributed by atoms with Crippen molar-refractivity contribution >= 4 is 28.8 Å². The molecule has 3 heteroatoms. The van der Waals surface area contributed by atoms with Gasteiger partial charge >= 0.3 is 0 Å². The van der Waals surface area contributed by atoms with Crippen LogP contribution in [0.4, 0.5) is 0 Å². The Kier molecular flexibility index (Phi) is 2.31. The molecule has 0 aliphatic carbocycles. The Morgan fingerprint density at radius 2 is 2.13 bits per heavy atom. The van der Waals surface area contributed by atoms with Crippen LogP contribution < -0.4 is 0 Å². The molecule has 15 heavy (non-hydrogen) atoms. The maximum atomic E-state index is 11.0. The third kappa shape index (κ3) is 1.65. The maximum Gasteiger partial charge on any atom is 0.130 e. The van der Waals surface area contributed by atoms with E-state index in [2.05, 4.69) is 4.98 Å². The summed E-state index contributed by atoms with van der Waals surface area (Å²) in [5.41, 5.74) is 1.50. The van der Waals surface area contributed by atoms with Gasteiger partial charge in [0.2, 0.25) is 0 Å². The average molecular weight is 222 g/mol. The second-order valence-corrected chi connectivity index (χ2v) is 4.67. The SMILES string of the molecule is CC(C)(C=O)c1c[nH]c2cc(Cl)ccc12. The number of aromatic amines is 1.